The quantitative estimate of drug-likeness (QED) is 0.705. The van der Waals surface area contributed by atoms with Crippen molar-refractivity contribution >= 4 is 11.9 Å². The monoisotopic (exact) mass is 280 g/mol. The van der Waals surface area contributed by atoms with Gasteiger partial charge in [0.15, 0.2) is 6.04 Å². The fourth-order valence-electron chi connectivity index (χ4n) is 1.65. The molecule has 0 fully saturated rings. The van der Waals surface area contributed by atoms with E-state index in [1.165, 1.54) is 7.11 Å². The summed E-state index contributed by atoms with van der Waals surface area (Å²) in [4.78, 5) is 23.9. The van der Waals surface area contributed by atoms with Crippen LogP contribution in [-0.4, -0.2) is 38.2 Å². The lowest BCUT2D eigenvalue weighted by Crippen LogP contribution is -2.46. The molecule has 0 saturated heterocycles. The highest BCUT2D eigenvalue weighted by molar-refractivity contribution is 5.88. The highest BCUT2D eigenvalue weighted by atomic mass is 16.5. The Labute approximate surface area is 118 Å². The second kappa shape index (κ2) is 8.29. The summed E-state index contributed by atoms with van der Waals surface area (Å²) < 4.78 is 9.79. The van der Waals surface area contributed by atoms with Gasteiger partial charge in [0.25, 0.3) is 0 Å². The minimum absolute atomic E-state index is 0.0795. The van der Waals surface area contributed by atoms with Gasteiger partial charge in [-0.15, -0.1) is 0 Å². The number of nitrogens with two attached hydrogens (primary N) is 1. The Morgan fingerprint density at radius 1 is 1.30 bits per heavy atom. The average molecular weight is 280 g/mol. The van der Waals surface area contributed by atoms with Crippen LogP contribution in [0.4, 0.5) is 0 Å². The van der Waals surface area contributed by atoms with Gasteiger partial charge in [0.1, 0.15) is 6.04 Å². The van der Waals surface area contributed by atoms with Crippen LogP contribution in [0.1, 0.15) is 18.5 Å². The predicted molar refractivity (Wildman–Crippen MR) is 73.8 cm³/mol. The van der Waals surface area contributed by atoms with Crippen LogP contribution in [0.2, 0.25) is 0 Å². The maximum Gasteiger partial charge on any atom is 0.333 e. The van der Waals surface area contributed by atoms with E-state index in [1.54, 1.807) is 31.2 Å². The smallest absolute Gasteiger partial charge is 0.333 e. The number of esters is 1. The molecule has 0 saturated carbocycles. The largest absolute Gasteiger partial charge is 0.464 e. The van der Waals surface area contributed by atoms with Crippen LogP contribution in [0.15, 0.2) is 30.3 Å². The van der Waals surface area contributed by atoms with Gasteiger partial charge in [-0.25, -0.2) is 4.79 Å². The van der Waals surface area contributed by atoms with E-state index in [0.717, 1.165) is 0 Å². The van der Waals surface area contributed by atoms with Crippen molar-refractivity contribution in [1.29, 1.82) is 0 Å². The number of hydrogen-bond acceptors (Lipinski definition) is 5. The van der Waals surface area contributed by atoms with Gasteiger partial charge in [0.05, 0.1) is 13.2 Å². The number of amides is 1. The van der Waals surface area contributed by atoms with E-state index in [9.17, 15) is 9.59 Å². The van der Waals surface area contributed by atoms with Gasteiger partial charge in [0, 0.05) is 7.11 Å². The van der Waals surface area contributed by atoms with Gasteiger partial charge in [-0.2, -0.15) is 0 Å². The van der Waals surface area contributed by atoms with Crippen LogP contribution in [0, 0.1) is 0 Å². The van der Waals surface area contributed by atoms with E-state index in [2.05, 4.69) is 5.32 Å². The molecule has 0 radical (unpaired) electrons. The molecule has 1 rings (SSSR count). The van der Waals surface area contributed by atoms with Crippen LogP contribution < -0.4 is 11.1 Å². The molecule has 6 nitrogen and oxygen atoms in total. The number of nitrogens with one attached hydrogen (secondary N) is 1. The molecule has 0 heterocycles. The summed E-state index contributed by atoms with van der Waals surface area (Å²) in [5, 5.41) is 2.58. The lowest BCUT2D eigenvalue weighted by molar-refractivity contribution is -0.147. The maximum absolute atomic E-state index is 12.0. The SMILES string of the molecule is CCOC(=O)[C@H](NC(=O)C(N)COC)c1ccccc1. The van der Waals surface area contributed by atoms with E-state index in [4.69, 9.17) is 15.2 Å². The summed E-state index contributed by atoms with van der Waals surface area (Å²) in [6.07, 6.45) is 0. The van der Waals surface area contributed by atoms with Crippen LogP contribution in [0.5, 0.6) is 0 Å². The molecule has 110 valence electrons. The Morgan fingerprint density at radius 3 is 2.50 bits per heavy atom. The number of carbonyl (C=O) groups excluding carboxylic acids is 2. The van der Waals surface area contributed by atoms with Crippen molar-refractivity contribution in [3.8, 4) is 0 Å². The molecule has 1 aromatic rings. The number of carbonyl (C=O) groups is 2. The van der Waals surface area contributed by atoms with E-state index >= 15 is 0 Å². The fourth-order valence-corrected chi connectivity index (χ4v) is 1.65. The Morgan fingerprint density at radius 2 is 1.95 bits per heavy atom. The van der Waals surface area contributed by atoms with Crippen molar-refractivity contribution in [3.63, 3.8) is 0 Å². The minimum atomic E-state index is -0.869. The van der Waals surface area contributed by atoms with Gasteiger partial charge in [-0.05, 0) is 12.5 Å². The summed E-state index contributed by atoms with van der Waals surface area (Å²) >= 11 is 0. The molecule has 1 amide bonds. The predicted octanol–water partition coefficient (Wildman–Crippen LogP) is 0.381. The van der Waals surface area contributed by atoms with Crippen molar-refractivity contribution in [1.82, 2.24) is 5.32 Å². The van der Waals surface area contributed by atoms with Gasteiger partial charge < -0.3 is 20.5 Å². The number of rotatable bonds is 7. The highest BCUT2D eigenvalue weighted by Gasteiger charge is 2.26. The standard InChI is InChI=1S/C14H20N2O4/c1-3-20-14(18)12(10-7-5-4-6-8-10)16-13(17)11(15)9-19-2/h4-8,11-12H,3,9,15H2,1-2H3,(H,16,17)/t11?,12-/m1/s1. The first-order valence-electron chi connectivity index (χ1n) is 6.36. The van der Waals surface area contributed by atoms with Gasteiger partial charge in [-0.3, -0.25) is 4.79 Å². The zero-order valence-corrected chi connectivity index (χ0v) is 11.7. The fraction of sp³-hybridized carbons (Fsp3) is 0.429. The molecule has 0 aliphatic rings. The molecule has 6 heteroatoms. The lowest BCUT2D eigenvalue weighted by atomic mass is 10.1. The molecule has 0 spiro atoms. The van der Waals surface area contributed by atoms with E-state index in [0.29, 0.717) is 5.56 Å². The number of ether oxygens (including phenoxy) is 2. The molecule has 0 bridgehead atoms. The topological polar surface area (TPSA) is 90.7 Å². The van der Waals surface area contributed by atoms with Crippen LogP contribution in [-0.2, 0) is 19.1 Å². The average Bonchev–Trinajstić information content (AvgIpc) is 2.45. The lowest BCUT2D eigenvalue weighted by Gasteiger charge is -2.19. The molecule has 3 N–H and O–H groups in total. The first-order chi connectivity index (χ1) is 9.60. The van der Waals surface area contributed by atoms with Gasteiger partial charge >= 0.3 is 5.97 Å². The molecule has 0 aliphatic heterocycles. The Kier molecular flexibility index (Phi) is 6.69. The van der Waals surface area contributed by atoms with Crippen molar-refractivity contribution in [2.45, 2.75) is 19.0 Å². The summed E-state index contributed by atoms with van der Waals surface area (Å²) in [7, 11) is 1.45. The van der Waals surface area contributed by atoms with E-state index in [1.807, 2.05) is 6.07 Å². The Hall–Kier alpha value is -1.92. The first-order valence-corrected chi connectivity index (χ1v) is 6.36. The van der Waals surface area contributed by atoms with Crippen LogP contribution in [0.3, 0.4) is 0 Å². The molecule has 0 aliphatic carbocycles. The van der Waals surface area contributed by atoms with Crippen molar-refractivity contribution in [3.05, 3.63) is 35.9 Å². The molecular weight excluding hydrogens is 260 g/mol. The zero-order valence-electron chi connectivity index (χ0n) is 11.7. The van der Waals surface area contributed by atoms with E-state index in [-0.39, 0.29) is 13.2 Å². The summed E-state index contributed by atoms with van der Waals surface area (Å²) in [6, 6.07) is 7.16. The second-order valence-corrected chi connectivity index (χ2v) is 4.17. The third-order valence-corrected chi connectivity index (χ3v) is 2.62. The number of methoxy groups -OCH3 is 1. The van der Waals surface area contributed by atoms with Crippen LogP contribution in [0.25, 0.3) is 0 Å². The van der Waals surface area contributed by atoms with Crippen molar-refractivity contribution in [2.75, 3.05) is 20.3 Å². The molecule has 0 aromatic heterocycles. The second-order valence-electron chi connectivity index (χ2n) is 4.17. The molecule has 2 atom stereocenters. The normalized spacial score (nSPS) is 13.3. The van der Waals surface area contributed by atoms with E-state index < -0.39 is 24.0 Å². The minimum Gasteiger partial charge on any atom is -0.464 e. The zero-order chi connectivity index (χ0) is 15.0. The summed E-state index contributed by atoms with van der Waals surface area (Å²) in [5.41, 5.74) is 6.28. The van der Waals surface area contributed by atoms with Crippen LogP contribution >= 0.6 is 0 Å². The third-order valence-electron chi connectivity index (χ3n) is 2.62. The van der Waals surface area contributed by atoms with Gasteiger partial charge in [-0.1, -0.05) is 30.3 Å². The molecule has 1 unspecified atom stereocenters. The number of benzene rings is 1. The third kappa shape index (κ3) is 4.64. The highest BCUT2D eigenvalue weighted by Crippen LogP contribution is 2.14. The first kappa shape index (κ1) is 16.1. The molecule has 20 heavy (non-hydrogen) atoms. The maximum atomic E-state index is 12.0. The summed E-state index contributed by atoms with van der Waals surface area (Å²) in [6.45, 7) is 2.02. The van der Waals surface area contributed by atoms with Crippen molar-refractivity contribution < 1.29 is 19.1 Å². The summed E-state index contributed by atoms with van der Waals surface area (Å²) in [5.74, 6) is -0.981. The molecule has 1 aromatic carbocycles. The Balaban J connectivity index is 2.84. The number of hydrogen-bond donors (Lipinski definition) is 2. The Bertz CT molecular complexity index is 436. The molecular formula is C14H20N2O4. The van der Waals surface area contributed by atoms with Crippen molar-refractivity contribution in [2.24, 2.45) is 5.73 Å². The van der Waals surface area contributed by atoms with Gasteiger partial charge in [0.2, 0.25) is 5.91 Å².